The van der Waals surface area contributed by atoms with Crippen molar-refractivity contribution < 1.29 is 4.79 Å². The van der Waals surface area contributed by atoms with Crippen molar-refractivity contribution in [1.29, 1.82) is 0 Å². The van der Waals surface area contributed by atoms with E-state index in [0.29, 0.717) is 10.8 Å². The lowest BCUT2D eigenvalue weighted by molar-refractivity contribution is -0.121. The maximum absolute atomic E-state index is 11.7. The molecule has 5 nitrogen and oxygen atoms in total. The molecule has 0 bridgehead atoms. The molecule has 6 heteroatoms. The molecular weight excluding hydrogens is 224 g/mol. The van der Waals surface area contributed by atoms with Crippen LogP contribution in [0.1, 0.15) is 11.4 Å². The van der Waals surface area contributed by atoms with Crippen LogP contribution in [0, 0.1) is 6.92 Å². The van der Waals surface area contributed by atoms with Gasteiger partial charge in [0.2, 0.25) is 0 Å². The van der Waals surface area contributed by atoms with Gasteiger partial charge in [-0.25, -0.2) is 0 Å². The van der Waals surface area contributed by atoms with Crippen LogP contribution in [0.15, 0.2) is 11.8 Å². The minimum absolute atomic E-state index is 0.121. The van der Waals surface area contributed by atoms with E-state index < -0.39 is 0 Å². The van der Waals surface area contributed by atoms with E-state index in [-0.39, 0.29) is 5.91 Å². The number of rotatable bonds is 1. The highest BCUT2D eigenvalue weighted by Gasteiger charge is 2.27. The van der Waals surface area contributed by atoms with Crippen LogP contribution in [-0.4, -0.2) is 32.7 Å². The van der Waals surface area contributed by atoms with Crippen molar-refractivity contribution in [3.63, 3.8) is 0 Å². The third-order valence-corrected chi connectivity index (χ3v) is 2.79. The van der Waals surface area contributed by atoms with Crippen LogP contribution in [0.5, 0.6) is 0 Å². The molecule has 0 unspecified atom stereocenters. The fraction of sp³-hybridized carbons (Fsp3) is 0.300. The second kappa shape index (κ2) is 3.71. The number of likely N-dealkylation sites (N-methyl/N-ethyl adjacent to an activating group) is 1. The normalized spacial score (nSPS) is 18.4. The summed E-state index contributed by atoms with van der Waals surface area (Å²) in [6.07, 6.45) is 1.75. The van der Waals surface area contributed by atoms with E-state index in [1.165, 1.54) is 4.90 Å². The van der Waals surface area contributed by atoms with Crippen LogP contribution >= 0.6 is 12.2 Å². The molecule has 2 heterocycles. The lowest BCUT2D eigenvalue weighted by Crippen LogP contribution is -2.25. The third kappa shape index (κ3) is 1.71. The number of hydrogen-bond acceptors (Lipinski definition) is 3. The highest BCUT2D eigenvalue weighted by atomic mass is 32.1. The van der Waals surface area contributed by atoms with Gasteiger partial charge in [-0.3, -0.25) is 14.4 Å². The first-order valence-corrected chi connectivity index (χ1v) is 5.21. The first kappa shape index (κ1) is 10.8. The SMILES string of the molecule is Cc1cc(/C=C2/NC(=S)N(C)C2=O)n(C)n1. The van der Waals surface area contributed by atoms with E-state index in [1.807, 2.05) is 20.0 Å². The second-order valence-electron chi connectivity index (χ2n) is 3.69. The van der Waals surface area contributed by atoms with Gasteiger partial charge in [-0.1, -0.05) is 0 Å². The van der Waals surface area contributed by atoms with Gasteiger partial charge in [-0.2, -0.15) is 5.10 Å². The Bertz CT molecular complexity index is 503. The van der Waals surface area contributed by atoms with Gasteiger partial charge in [0.05, 0.1) is 11.4 Å². The minimum atomic E-state index is -0.121. The number of nitrogens with one attached hydrogen (secondary N) is 1. The number of thiocarbonyl (C=S) groups is 1. The predicted octanol–water partition coefficient (Wildman–Crippen LogP) is 0.416. The monoisotopic (exact) mass is 236 g/mol. The van der Waals surface area contributed by atoms with Gasteiger partial charge in [-0.05, 0) is 31.3 Å². The molecule has 0 aliphatic carbocycles. The Morgan fingerprint density at radius 1 is 1.50 bits per heavy atom. The smallest absolute Gasteiger partial charge is 0.276 e. The fourth-order valence-corrected chi connectivity index (χ4v) is 1.73. The van der Waals surface area contributed by atoms with E-state index in [4.69, 9.17) is 12.2 Å². The molecular formula is C10H12N4OS. The minimum Gasteiger partial charge on any atom is -0.328 e. The lowest BCUT2D eigenvalue weighted by atomic mass is 10.3. The van der Waals surface area contributed by atoms with E-state index in [0.717, 1.165) is 11.4 Å². The topological polar surface area (TPSA) is 50.2 Å². The van der Waals surface area contributed by atoms with E-state index >= 15 is 0 Å². The zero-order valence-electron chi connectivity index (χ0n) is 9.31. The Balaban J connectivity index is 2.36. The molecule has 1 N–H and O–H groups in total. The van der Waals surface area contributed by atoms with Gasteiger partial charge in [-0.15, -0.1) is 0 Å². The molecule has 0 radical (unpaired) electrons. The van der Waals surface area contributed by atoms with Crippen LogP contribution in [-0.2, 0) is 11.8 Å². The van der Waals surface area contributed by atoms with Crippen LogP contribution < -0.4 is 5.32 Å². The van der Waals surface area contributed by atoms with Gasteiger partial charge in [0.1, 0.15) is 5.70 Å². The van der Waals surface area contributed by atoms with Crippen LogP contribution in [0.25, 0.3) is 6.08 Å². The zero-order valence-corrected chi connectivity index (χ0v) is 10.1. The summed E-state index contributed by atoms with van der Waals surface area (Å²) in [6, 6.07) is 1.91. The Hall–Kier alpha value is -1.69. The first-order valence-electron chi connectivity index (χ1n) is 4.80. The van der Waals surface area contributed by atoms with E-state index in [2.05, 4.69) is 10.4 Å². The lowest BCUT2D eigenvalue weighted by Gasteiger charge is -2.02. The number of amides is 1. The van der Waals surface area contributed by atoms with Crippen molar-refractivity contribution in [2.45, 2.75) is 6.92 Å². The maximum Gasteiger partial charge on any atom is 0.276 e. The third-order valence-electron chi connectivity index (χ3n) is 2.41. The van der Waals surface area contributed by atoms with Gasteiger partial charge >= 0.3 is 0 Å². The molecule has 84 valence electrons. The molecule has 0 aromatic carbocycles. The van der Waals surface area contributed by atoms with E-state index in [9.17, 15) is 4.79 Å². The van der Waals surface area contributed by atoms with Crippen LogP contribution in [0.4, 0.5) is 0 Å². The number of carbonyl (C=O) groups excluding carboxylic acids is 1. The molecule has 16 heavy (non-hydrogen) atoms. The number of aromatic nitrogens is 2. The molecule has 1 fully saturated rings. The van der Waals surface area contributed by atoms with Crippen molar-refractivity contribution in [3.8, 4) is 0 Å². The standard InChI is InChI=1S/C10H12N4OS/c1-6-4-7(14(3)12-6)5-8-9(15)13(2)10(16)11-8/h4-5H,1-3H3,(H,11,16)/b8-5+. The Kier molecular flexibility index (Phi) is 2.51. The highest BCUT2D eigenvalue weighted by molar-refractivity contribution is 7.80. The summed E-state index contributed by atoms with van der Waals surface area (Å²) >= 11 is 4.98. The van der Waals surface area contributed by atoms with Crippen molar-refractivity contribution in [2.75, 3.05) is 7.05 Å². The molecule has 1 aliphatic heterocycles. The van der Waals surface area contributed by atoms with E-state index in [1.54, 1.807) is 17.8 Å². The average Bonchev–Trinajstić information content (AvgIpc) is 2.64. The van der Waals surface area contributed by atoms with Gasteiger partial charge < -0.3 is 5.32 Å². The Morgan fingerprint density at radius 3 is 2.62 bits per heavy atom. The molecule has 1 aromatic rings. The van der Waals surface area contributed by atoms with Crippen LogP contribution in [0.2, 0.25) is 0 Å². The Labute approximate surface area is 98.7 Å². The predicted molar refractivity (Wildman–Crippen MR) is 64.4 cm³/mol. The fourth-order valence-electron chi connectivity index (χ4n) is 1.54. The van der Waals surface area contributed by atoms with Crippen molar-refractivity contribution >= 4 is 29.3 Å². The summed E-state index contributed by atoms with van der Waals surface area (Å²) in [7, 11) is 3.48. The largest absolute Gasteiger partial charge is 0.328 e. The number of aryl methyl sites for hydroxylation is 2. The molecule has 0 spiro atoms. The highest BCUT2D eigenvalue weighted by Crippen LogP contribution is 2.12. The Morgan fingerprint density at radius 2 is 2.19 bits per heavy atom. The summed E-state index contributed by atoms with van der Waals surface area (Å²) in [4.78, 5) is 13.1. The summed E-state index contributed by atoms with van der Waals surface area (Å²) in [5, 5.41) is 7.50. The molecule has 0 atom stereocenters. The summed E-state index contributed by atoms with van der Waals surface area (Å²) in [5.41, 5.74) is 2.26. The number of nitrogens with zero attached hydrogens (tertiary/aromatic N) is 3. The molecule has 0 saturated carbocycles. The average molecular weight is 236 g/mol. The number of carbonyl (C=O) groups is 1. The molecule has 1 saturated heterocycles. The molecule has 2 rings (SSSR count). The van der Waals surface area contributed by atoms with Gasteiger partial charge in [0.15, 0.2) is 5.11 Å². The molecule has 1 amide bonds. The molecule has 1 aromatic heterocycles. The van der Waals surface area contributed by atoms with Crippen molar-refractivity contribution in [3.05, 3.63) is 23.2 Å². The first-order chi connectivity index (χ1) is 7.49. The van der Waals surface area contributed by atoms with Crippen molar-refractivity contribution in [1.82, 2.24) is 20.0 Å². The van der Waals surface area contributed by atoms with Gasteiger partial charge in [0.25, 0.3) is 5.91 Å². The summed E-state index contributed by atoms with van der Waals surface area (Å²) in [5.74, 6) is -0.121. The maximum atomic E-state index is 11.7. The second-order valence-corrected chi connectivity index (χ2v) is 4.07. The summed E-state index contributed by atoms with van der Waals surface area (Å²) in [6.45, 7) is 1.91. The molecule has 1 aliphatic rings. The van der Waals surface area contributed by atoms with Gasteiger partial charge in [0, 0.05) is 14.1 Å². The quantitative estimate of drug-likeness (QED) is 0.567. The van der Waals surface area contributed by atoms with Crippen molar-refractivity contribution in [2.24, 2.45) is 7.05 Å². The van der Waals surface area contributed by atoms with Crippen LogP contribution in [0.3, 0.4) is 0 Å². The number of hydrogen-bond donors (Lipinski definition) is 1. The summed E-state index contributed by atoms with van der Waals surface area (Å²) < 4.78 is 1.72. The zero-order chi connectivity index (χ0) is 11.9.